The third-order valence-corrected chi connectivity index (χ3v) is 6.51. The molecule has 160 valence electrons. The molecule has 1 saturated carbocycles. The van der Waals surface area contributed by atoms with Crippen molar-refractivity contribution in [1.82, 2.24) is 15.1 Å². The number of hydrogen-bond donors (Lipinski definition) is 2. The quantitative estimate of drug-likeness (QED) is 0.365. The van der Waals surface area contributed by atoms with Gasteiger partial charge in [0, 0.05) is 45.5 Å². The lowest BCUT2D eigenvalue weighted by molar-refractivity contribution is 0.222. The topological polar surface area (TPSA) is 60.0 Å². The smallest absolute Gasteiger partial charge is 0.321 e. The van der Waals surface area contributed by atoms with Crippen LogP contribution >= 0.6 is 24.0 Å². The van der Waals surface area contributed by atoms with Crippen molar-refractivity contribution in [2.75, 3.05) is 38.5 Å². The van der Waals surface area contributed by atoms with Gasteiger partial charge < -0.3 is 20.4 Å². The zero-order valence-electron chi connectivity index (χ0n) is 17.4. The molecule has 0 radical (unpaired) electrons. The minimum Gasteiger partial charge on any atom is -0.352 e. The van der Waals surface area contributed by atoms with Crippen LogP contribution in [0.25, 0.3) is 0 Å². The Morgan fingerprint density at radius 1 is 1.07 bits per heavy atom. The van der Waals surface area contributed by atoms with Crippen molar-refractivity contribution >= 4 is 41.7 Å². The summed E-state index contributed by atoms with van der Waals surface area (Å²) in [6.45, 7) is 4.71. The molecule has 1 aliphatic carbocycles. The standard InChI is InChI=1S/C22H33N5O.HI/c1-23-21(27-15-18-8-2-3-9-19(18)16-27)24-14-17-7-6-10-20(13-17)25-22(28)26-11-4-5-12-26;/h6-7,10,13,18-19H,2-5,8-9,11-12,14-16H2,1H3,(H,23,24)(H,25,28);1H. The maximum atomic E-state index is 12.3. The molecule has 29 heavy (non-hydrogen) atoms. The molecule has 2 amide bonds. The number of guanidine groups is 1. The van der Waals surface area contributed by atoms with Gasteiger partial charge in [0.1, 0.15) is 0 Å². The summed E-state index contributed by atoms with van der Waals surface area (Å²) < 4.78 is 0. The summed E-state index contributed by atoms with van der Waals surface area (Å²) in [4.78, 5) is 21.1. The summed E-state index contributed by atoms with van der Waals surface area (Å²) >= 11 is 0. The van der Waals surface area contributed by atoms with E-state index >= 15 is 0 Å². The predicted molar refractivity (Wildman–Crippen MR) is 129 cm³/mol. The number of likely N-dealkylation sites (tertiary alicyclic amines) is 2. The highest BCUT2D eigenvalue weighted by atomic mass is 127. The third kappa shape index (κ3) is 5.55. The van der Waals surface area contributed by atoms with Crippen molar-refractivity contribution in [2.24, 2.45) is 16.8 Å². The second kappa shape index (κ2) is 10.5. The van der Waals surface area contributed by atoms with Gasteiger partial charge in [0.2, 0.25) is 0 Å². The lowest BCUT2D eigenvalue weighted by Crippen LogP contribution is -2.39. The second-order valence-electron chi connectivity index (χ2n) is 8.44. The third-order valence-electron chi connectivity index (χ3n) is 6.51. The van der Waals surface area contributed by atoms with Crippen LogP contribution in [0.5, 0.6) is 0 Å². The van der Waals surface area contributed by atoms with Crippen LogP contribution < -0.4 is 10.6 Å². The van der Waals surface area contributed by atoms with Crippen molar-refractivity contribution in [3.8, 4) is 0 Å². The van der Waals surface area contributed by atoms with Crippen LogP contribution in [0.2, 0.25) is 0 Å². The first-order valence-electron chi connectivity index (χ1n) is 10.8. The number of amides is 2. The summed E-state index contributed by atoms with van der Waals surface area (Å²) in [5.74, 6) is 2.69. The van der Waals surface area contributed by atoms with E-state index < -0.39 is 0 Å². The average molecular weight is 511 g/mol. The van der Waals surface area contributed by atoms with Crippen LogP contribution in [0.4, 0.5) is 10.5 Å². The SMILES string of the molecule is CN=C(NCc1cccc(NC(=O)N2CCCC2)c1)N1CC2CCCCC2C1.I. The molecule has 2 unspecified atom stereocenters. The summed E-state index contributed by atoms with van der Waals surface area (Å²) in [6, 6.07) is 8.12. The lowest BCUT2D eigenvalue weighted by atomic mass is 9.82. The molecule has 7 heteroatoms. The van der Waals surface area contributed by atoms with E-state index in [1.54, 1.807) is 0 Å². The van der Waals surface area contributed by atoms with Crippen LogP contribution in [0.1, 0.15) is 44.1 Å². The van der Waals surface area contributed by atoms with E-state index in [2.05, 4.69) is 32.7 Å². The van der Waals surface area contributed by atoms with E-state index in [1.807, 2.05) is 24.1 Å². The number of halogens is 1. The van der Waals surface area contributed by atoms with Crippen molar-refractivity contribution in [2.45, 2.75) is 45.1 Å². The number of carbonyl (C=O) groups is 1. The normalized spacial score (nSPS) is 24.1. The number of nitrogens with zero attached hydrogens (tertiary/aromatic N) is 3. The summed E-state index contributed by atoms with van der Waals surface area (Å²) in [6.07, 6.45) is 7.73. The van der Waals surface area contributed by atoms with E-state index in [0.717, 1.165) is 68.1 Å². The fourth-order valence-corrected chi connectivity index (χ4v) is 4.97. The first-order valence-corrected chi connectivity index (χ1v) is 10.8. The minimum atomic E-state index is 0. The van der Waals surface area contributed by atoms with Crippen LogP contribution in [0, 0.1) is 11.8 Å². The largest absolute Gasteiger partial charge is 0.352 e. The molecule has 6 nitrogen and oxygen atoms in total. The van der Waals surface area contributed by atoms with E-state index in [-0.39, 0.29) is 30.0 Å². The fraction of sp³-hybridized carbons (Fsp3) is 0.636. The number of urea groups is 1. The van der Waals surface area contributed by atoms with Gasteiger partial charge in [0.25, 0.3) is 0 Å². The summed E-state index contributed by atoms with van der Waals surface area (Å²) in [5.41, 5.74) is 2.01. The van der Waals surface area contributed by atoms with E-state index in [9.17, 15) is 4.79 Å². The van der Waals surface area contributed by atoms with Gasteiger partial charge in [-0.3, -0.25) is 4.99 Å². The zero-order valence-corrected chi connectivity index (χ0v) is 19.7. The van der Waals surface area contributed by atoms with Crippen molar-refractivity contribution in [1.29, 1.82) is 0 Å². The number of nitrogens with one attached hydrogen (secondary N) is 2. The Balaban J connectivity index is 0.00000240. The van der Waals surface area contributed by atoms with Crippen LogP contribution in [-0.4, -0.2) is 55.0 Å². The van der Waals surface area contributed by atoms with Gasteiger partial charge in [-0.15, -0.1) is 24.0 Å². The zero-order chi connectivity index (χ0) is 19.3. The second-order valence-corrected chi connectivity index (χ2v) is 8.44. The molecule has 0 spiro atoms. The Bertz CT molecular complexity index is 705. The molecule has 2 heterocycles. The first-order chi connectivity index (χ1) is 13.7. The van der Waals surface area contributed by atoms with Gasteiger partial charge in [-0.05, 0) is 55.2 Å². The Morgan fingerprint density at radius 3 is 2.41 bits per heavy atom. The highest BCUT2D eigenvalue weighted by Crippen LogP contribution is 2.35. The first kappa shape index (κ1) is 22.2. The molecule has 1 aromatic rings. The van der Waals surface area contributed by atoms with Gasteiger partial charge in [-0.25, -0.2) is 4.79 Å². The summed E-state index contributed by atoms with van der Waals surface area (Å²) in [7, 11) is 1.87. The Labute approximate surface area is 191 Å². The van der Waals surface area contributed by atoms with Crippen LogP contribution in [0.3, 0.4) is 0 Å². The van der Waals surface area contributed by atoms with E-state index in [1.165, 1.54) is 25.7 Å². The molecule has 0 aromatic heterocycles. The number of hydrogen-bond acceptors (Lipinski definition) is 2. The molecule has 3 fully saturated rings. The molecule has 4 rings (SSSR count). The number of carbonyl (C=O) groups excluding carboxylic acids is 1. The molecule has 0 bridgehead atoms. The molecule has 2 N–H and O–H groups in total. The number of anilines is 1. The maximum absolute atomic E-state index is 12.3. The van der Waals surface area contributed by atoms with Crippen molar-refractivity contribution in [3.63, 3.8) is 0 Å². The van der Waals surface area contributed by atoms with Gasteiger partial charge in [0.15, 0.2) is 5.96 Å². The van der Waals surface area contributed by atoms with Crippen molar-refractivity contribution < 1.29 is 4.79 Å². The Morgan fingerprint density at radius 2 is 1.76 bits per heavy atom. The molecule has 2 aliphatic heterocycles. The molecular formula is C22H34IN5O. The molecule has 2 saturated heterocycles. The molecule has 3 aliphatic rings. The Kier molecular flexibility index (Phi) is 8.03. The monoisotopic (exact) mass is 511 g/mol. The number of aliphatic imine (C=N–C) groups is 1. The predicted octanol–water partition coefficient (Wildman–Crippen LogP) is 4.13. The Hall–Kier alpha value is -1.51. The van der Waals surface area contributed by atoms with Crippen LogP contribution in [0.15, 0.2) is 29.3 Å². The minimum absolute atomic E-state index is 0. The lowest BCUT2D eigenvalue weighted by Gasteiger charge is -2.22. The molecule has 2 atom stereocenters. The van der Waals surface area contributed by atoms with Crippen molar-refractivity contribution in [3.05, 3.63) is 29.8 Å². The van der Waals surface area contributed by atoms with E-state index in [4.69, 9.17) is 0 Å². The van der Waals surface area contributed by atoms with Gasteiger partial charge in [0.05, 0.1) is 0 Å². The van der Waals surface area contributed by atoms with Crippen LogP contribution in [-0.2, 0) is 6.54 Å². The van der Waals surface area contributed by atoms with E-state index in [0.29, 0.717) is 6.54 Å². The highest BCUT2D eigenvalue weighted by Gasteiger charge is 2.35. The highest BCUT2D eigenvalue weighted by molar-refractivity contribution is 14.0. The molecular weight excluding hydrogens is 477 g/mol. The number of fused-ring (bicyclic) bond motifs is 1. The summed E-state index contributed by atoms with van der Waals surface area (Å²) in [5, 5.41) is 6.56. The average Bonchev–Trinajstić information content (AvgIpc) is 3.39. The van der Waals surface area contributed by atoms with Gasteiger partial charge in [-0.2, -0.15) is 0 Å². The van der Waals surface area contributed by atoms with Gasteiger partial charge in [-0.1, -0.05) is 25.0 Å². The fourth-order valence-electron chi connectivity index (χ4n) is 4.97. The number of rotatable bonds is 3. The number of benzene rings is 1. The maximum Gasteiger partial charge on any atom is 0.321 e. The molecule has 1 aromatic carbocycles. The van der Waals surface area contributed by atoms with Gasteiger partial charge >= 0.3 is 6.03 Å².